The number of H-pyrrole nitrogens is 1. The fraction of sp³-hybridized carbons (Fsp3) is 0.435. The summed E-state index contributed by atoms with van der Waals surface area (Å²) >= 11 is 0. The highest BCUT2D eigenvalue weighted by molar-refractivity contribution is 5.72. The summed E-state index contributed by atoms with van der Waals surface area (Å²) in [5.41, 5.74) is 5.29. The maximum absolute atomic E-state index is 5.53. The molecular weight excluding hydrogens is 390 g/mol. The lowest BCUT2D eigenvalue weighted by Gasteiger charge is -2.28. The smallest absolute Gasteiger partial charge is 0.225 e. The number of ether oxygens (including phenoxy) is 1. The summed E-state index contributed by atoms with van der Waals surface area (Å²) in [7, 11) is 0. The molecule has 0 spiro atoms. The zero-order valence-electron chi connectivity index (χ0n) is 18.0. The molecule has 31 heavy (non-hydrogen) atoms. The normalized spacial score (nSPS) is 17.6. The molecule has 3 aromatic heterocycles. The molecule has 2 saturated heterocycles. The van der Waals surface area contributed by atoms with Crippen LogP contribution in [-0.2, 0) is 4.74 Å². The fourth-order valence-corrected chi connectivity index (χ4v) is 4.22. The number of pyridine rings is 1. The summed E-state index contributed by atoms with van der Waals surface area (Å²) in [5.74, 6) is 1.94. The first-order valence-corrected chi connectivity index (χ1v) is 11.0. The van der Waals surface area contributed by atoms with Crippen LogP contribution in [0.5, 0.6) is 0 Å². The Balaban J connectivity index is 1.37. The number of hydrogen-bond donors (Lipinski definition) is 2. The Morgan fingerprint density at radius 3 is 2.58 bits per heavy atom. The van der Waals surface area contributed by atoms with Gasteiger partial charge >= 0.3 is 0 Å². The highest BCUT2D eigenvalue weighted by atomic mass is 16.5. The standard InChI is InChI=1S/C23H29N7O/c1-17-13-21(29-8-5-24-6-9-29)28-22(17)18-3-4-25-20(14-18)19-15-26-23(27-16-19)30-7-2-11-31-12-10-30/h3-4,13-16,24,28H,2,5-12H2,1H3. The first-order chi connectivity index (χ1) is 15.3. The van der Waals surface area contributed by atoms with E-state index in [1.807, 2.05) is 18.6 Å². The van der Waals surface area contributed by atoms with Crippen LogP contribution in [0, 0.1) is 6.92 Å². The molecule has 162 valence electrons. The fourth-order valence-electron chi connectivity index (χ4n) is 4.22. The molecule has 5 rings (SSSR count). The second-order valence-corrected chi connectivity index (χ2v) is 8.10. The Morgan fingerprint density at radius 1 is 0.903 bits per heavy atom. The number of nitrogens with zero attached hydrogens (tertiary/aromatic N) is 5. The van der Waals surface area contributed by atoms with Crippen molar-refractivity contribution in [3.05, 3.63) is 42.4 Å². The summed E-state index contributed by atoms with van der Waals surface area (Å²) in [6, 6.07) is 6.40. The number of piperazine rings is 1. The van der Waals surface area contributed by atoms with Crippen molar-refractivity contribution in [3.8, 4) is 22.5 Å². The lowest BCUT2D eigenvalue weighted by Crippen LogP contribution is -2.43. The number of aromatic nitrogens is 4. The van der Waals surface area contributed by atoms with Crippen molar-refractivity contribution < 1.29 is 4.74 Å². The molecule has 2 aliphatic heterocycles. The molecule has 0 bridgehead atoms. The monoisotopic (exact) mass is 419 g/mol. The molecule has 0 aromatic carbocycles. The number of nitrogens with one attached hydrogen (secondary N) is 2. The van der Waals surface area contributed by atoms with Gasteiger partial charge in [0.15, 0.2) is 0 Å². The maximum Gasteiger partial charge on any atom is 0.225 e. The third-order valence-corrected chi connectivity index (χ3v) is 5.95. The molecule has 0 unspecified atom stereocenters. The van der Waals surface area contributed by atoms with Crippen molar-refractivity contribution in [3.63, 3.8) is 0 Å². The van der Waals surface area contributed by atoms with Crippen molar-refractivity contribution in [1.82, 2.24) is 25.3 Å². The van der Waals surface area contributed by atoms with Gasteiger partial charge in [-0.05, 0) is 37.1 Å². The van der Waals surface area contributed by atoms with Crippen LogP contribution in [0.25, 0.3) is 22.5 Å². The van der Waals surface area contributed by atoms with Gasteiger partial charge in [0, 0.05) is 75.6 Å². The van der Waals surface area contributed by atoms with E-state index in [1.54, 1.807) is 0 Å². The Hall–Kier alpha value is -2.97. The Kier molecular flexibility index (Phi) is 5.82. The second kappa shape index (κ2) is 9.03. The highest BCUT2D eigenvalue weighted by Gasteiger charge is 2.16. The third kappa shape index (κ3) is 4.40. The van der Waals surface area contributed by atoms with Crippen LogP contribution in [0.4, 0.5) is 11.8 Å². The van der Waals surface area contributed by atoms with E-state index in [4.69, 9.17) is 4.74 Å². The van der Waals surface area contributed by atoms with Gasteiger partial charge < -0.3 is 24.8 Å². The van der Waals surface area contributed by atoms with Gasteiger partial charge in [-0.15, -0.1) is 0 Å². The molecule has 0 saturated carbocycles. The molecule has 0 amide bonds. The van der Waals surface area contributed by atoms with Gasteiger partial charge in [-0.2, -0.15) is 0 Å². The Bertz CT molecular complexity index is 1000. The molecule has 2 aliphatic rings. The average molecular weight is 420 g/mol. The van der Waals surface area contributed by atoms with Crippen LogP contribution < -0.4 is 15.1 Å². The van der Waals surface area contributed by atoms with Crippen molar-refractivity contribution >= 4 is 11.8 Å². The zero-order chi connectivity index (χ0) is 21.0. The molecule has 3 aromatic rings. The molecular formula is C23H29N7O. The molecule has 2 N–H and O–H groups in total. The molecule has 0 radical (unpaired) electrons. The lowest BCUT2D eigenvalue weighted by molar-refractivity contribution is 0.152. The first-order valence-electron chi connectivity index (χ1n) is 11.0. The summed E-state index contributed by atoms with van der Waals surface area (Å²) in [5, 5.41) is 3.41. The minimum atomic E-state index is 0.722. The minimum absolute atomic E-state index is 0.722. The highest BCUT2D eigenvalue weighted by Crippen LogP contribution is 2.29. The number of rotatable bonds is 4. The quantitative estimate of drug-likeness (QED) is 0.672. The molecule has 0 atom stereocenters. The van der Waals surface area contributed by atoms with E-state index in [-0.39, 0.29) is 0 Å². The Morgan fingerprint density at radius 2 is 1.74 bits per heavy atom. The summed E-state index contributed by atoms with van der Waals surface area (Å²) in [6.07, 6.45) is 6.59. The van der Waals surface area contributed by atoms with Gasteiger partial charge in [-0.25, -0.2) is 9.97 Å². The molecule has 8 heteroatoms. The minimum Gasteiger partial charge on any atom is -0.380 e. The van der Waals surface area contributed by atoms with Gasteiger partial charge in [-0.1, -0.05) is 0 Å². The second-order valence-electron chi connectivity index (χ2n) is 8.10. The van der Waals surface area contributed by atoms with Crippen molar-refractivity contribution in [2.45, 2.75) is 13.3 Å². The molecule has 0 aliphatic carbocycles. The van der Waals surface area contributed by atoms with E-state index in [1.165, 1.54) is 11.4 Å². The number of aryl methyl sites for hydroxylation is 1. The van der Waals surface area contributed by atoms with E-state index in [2.05, 4.69) is 60.2 Å². The van der Waals surface area contributed by atoms with Crippen molar-refractivity contribution in [1.29, 1.82) is 0 Å². The molecule has 8 nitrogen and oxygen atoms in total. The lowest BCUT2D eigenvalue weighted by atomic mass is 10.1. The topological polar surface area (TPSA) is 82.2 Å². The van der Waals surface area contributed by atoms with Crippen molar-refractivity contribution in [2.24, 2.45) is 0 Å². The third-order valence-electron chi connectivity index (χ3n) is 5.95. The van der Waals surface area contributed by atoms with Crippen LogP contribution in [0.1, 0.15) is 12.0 Å². The molecule has 2 fully saturated rings. The average Bonchev–Trinajstić information content (AvgIpc) is 3.03. The predicted molar refractivity (Wildman–Crippen MR) is 123 cm³/mol. The maximum atomic E-state index is 5.53. The number of hydrogen-bond acceptors (Lipinski definition) is 7. The van der Waals surface area contributed by atoms with Gasteiger partial charge in [0.05, 0.1) is 18.0 Å². The van der Waals surface area contributed by atoms with Crippen LogP contribution >= 0.6 is 0 Å². The zero-order valence-corrected chi connectivity index (χ0v) is 18.0. The Labute approximate surface area is 182 Å². The van der Waals surface area contributed by atoms with Crippen LogP contribution in [0.2, 0.25) is 0 Å². The van der Waals surface area contributed by atoms with Crippen LogP contribution in [0.3, 0.4) is 0 Å². The first kappa shape index (κ1) is 20.0. The van der Waals surface area contributed by atoms with E-state index in [9.17, 15) is 0 Å². The van der Waals surface area contributed by atoms with Gasteiger partial charge in [0.25, 0.3) is 0 Å². The van der Waals surface area contributed by atoms with Crippen LogP contribution in [0.15, 0.2) is 36.8 Å². The molecule has 5 heterocycles. The van der Waals surface area contributed by atoms with E-state index >= 15 is 0 Å². The van der Waals surface area contributed by atoms with E-state index < -0.39 is 0 Å². The summed E-state index contributed by atoms with van der Waals surface area (Å²) < 4.78 is 5.53. The van der Waals surface area contributed by atoms with Gasteiger partial charge in [-0.3, -0.25) is 4.98 Å². The summed E-state index contributed by atoms with van der Waals surface area (Å²) in [4.78, 5) is 22.0. The van der Waals surface area contributed by atoms with E-state index in [0.717, 1.165) is 87.4 Å². The summed E-state index contributed by atoms with van der Waals surface area (Å²) in [6.45, 7) is 9.52. The van der Waals surface area contributed by atoms with Gasteiger partial charge in [0.1, 0.15) is 5.82 Å². The van der Waals surface area contributed by atoms with Crippen molar-refractivity contribution in [2.75, 3.05) is 62.3 Å². The largest absolute Gasteiger partial charge is 0.380 e. The SMILES string of the molecule is Cc1cc(N2CCNCC2)[nH]c1-c1ccnc(-c2cnc(N3CCCOCC3)nc2)c1. The predicted octanol–water partition coefficient (Wildman–Crippen LogP) is 2.48. The van der Waals surface area contributed by atoms with E-state index in [0.29, 0.717) is 0 Å². The number of anilines is 2. The van der Waals surface area contributed by atoms with Crippen LogP contribution in [-0.4, -0.2) is 72.4 Å². The number of aromatic amines is 1. The van der Waals surface area contributed by atoms with Gasteiger partial charge in [0.2, 0.25) is 5.95 Å².